The summed E-state index contributed by atoms with van der Waals surface area (Å²) in [5.41, 5.74) is 1.71. The van der Waals surface area contributed by atoms with Crippen LogP contribution in [0.2, 0.25) is 0 Å². The number of rotatable bonds is 6. The summed E-state index contributed by atoms with van der Waals surface area (Å²) in [5.74, 6) is 0.290. The minimum absolute atomic E-state index is 0.0346. The van der Waals surface area contributed by atoms with Gasteiger partial charge < -0.3 is 20.1 Å². The summed E-state index contributed by atoms with van der Waals surface area (Å²) in [6.07, 6.45) is 4.81. The van der Waals surface area contributed by atoms with Gasteiger partial charge in [-0.05, 0) is 45.1 Å². The number of hydrogen-bond acceptors (Lipinski definition) is 4. The van der Waals surface area contributed by atoms with E-state index in [1.807, 2.05) is 31.2 Å². The van der Waals surface area contributed by atoms with Gasteiger partial charge in [-0.25, -0.2) is 9.59 Å². The van der Waals surface area contributed by atoms with E-state index in [1.165, 1.54) is 0 Å². The summed E-state index contributed by atoms with van der Waals surface area (Å²) in [6, 6.07) is 6.55. The molecule has 6 heteroatoms. The van der Waals surface area contributed by atoms with Crippen molar-refractivity contribution >= 4 is 12.0 Å². The summed E-state index contributed by atoms with van der Waals surface area (Å²) in [7, 11) is 0. The summed E-state index contributed by atoms with van der Waals surface area (Å²) in [6.45, 7) is 4.33. The number of carbonyl (C=O) groups is 2. The molecule has 1 aromatic rings. The molecule has 1 heterocycles. The molecule has 6 nitrogen and oxygen atoms in total. The van der Waals surface area contributed by atoms with E-state index >= 15 is 0 Å². The number of carbonyl (C=O) groups excluding carboxylic acids is 2. The minimum atomic E-state index is -0.592. The third kappa shape index (κ3) is 4.00. The monoisotopic (exact) mass is 358 g/mol. The lowest BCUT2D eigenvalue weighted by molar-refractivity contribution is -0.144. The van der Waals surface area contributed by atoms with Gasteiger partial charge in [0.25, 0.3) is 0 Å². The van der Waals surface area contributed by atoms with E-state index in [-0.39, 0.29) is 18.1 Å². The van der Waals surface area contributed by atoms with Crippen LogP contribution in [0.15, 0.2) is 35.5 Å². The molecule has 1 fully saturated rings. The van der Waals surface area contributed by atoms with Gasteiger partial charge in [-0.2, -0.15) is 0 Å². The molecule has 1 aromatic carbocycles. The van der Waals surface area contributed by atoms with Crippen LogP contribution in [0.3, 0.4) is 0 Å². The highest BCUT2D eigenvalue weighted by Crippen LogP contribution is 2.34. The Morgan fingerprint density at radius 2 is 1.96 bits per heavy atom. The number of hydrogen-bond donors (Lipinski definition) is 2. The SMILES string of the molecule is CCCOc1ccccc1[C@@H]1NC(=O)NC(C)=C1C(=O)OC1CCCC1. The molecule has 26 heavy (non-hydrogen) atoms. The Morgan fingerprint density at radius 3 is 2.69 bits per heavy atom. The first-order valence-electron chi connectivity index (χ1n) is 9.31. The molecule has 2 N–H and O–H groups in total. The maximum Gasteiger partial charge on any atom is 0.338 e. The smallest absolute Gasteiger partial charge is 0.338 e. The van der Waals surface area contributed by atoms with Gasteiger partial charge in [0.2, 0.25) is 0 Å². The van der Waals surface area contributed by atoms with Gasteiger partial charge >= 0.3 is 12.0 Å². The van der Waals surface area contributed by atoms with Crippen LogP contribution in [0.4, 0.5) is 4.79 Å². The average molecular weight is 358 g/mol. The first kappa shape index (κ1) is 18.3. The Balaban J connectivity index is 1.91. The van der Waals surface area contributed by atoms with Crippen LogP contribution in [0.5, 0.6) is 5.75 Å². The van der Waals surface area contributed by atoms with E-state index in [9.17, 15) is 9.59 Å². The fourth-order valence-corrected chi connectivity index (χ4v) is 3.48. The Bertz CT molecular complexity index is 708. The quantitative estimate of drug-likeness (QED) is 0.762. The van der Waals surface area contributed by atoms with Crippen molar-refractivity contribution in [1.82, 2.24) is 10.6 Å². The molecule has 0 spiro atoms. The number of benzene rings is 1. The number of nitrogens with one attached hydrogen (secondary N) is 2. The van der Waals surface area contributed by atoms with Gasteiger partial charge in [0.1, 0.15) is 11.9 Å². The molecular weight excluding hydrogens is 332 g/mol. The van der Waals surface area contributed by atoms with Crippen LogP contribution < -0.4 is 15.4 Å². The number of urea groups is 1. The van der Waals surface area contributed by atoms with Crippen LogP contribution in [-0.4, -0.2) is 24.7 Å². The lowest BCUT2D eigenvalue weighted by atomic mass is 9.94. The fraction of sp³-hybridized carbons (Fsp3) is 0.500. The zero-order valence-electron chi connectivity index (χ0n) is 15.3. The van der Waals surface area contributed by atoms with Crippen molar-refractivity contribution in [2.45, 2.75) is 58.1 Å². The van der Waals surface area contributed by atoms with Gasteiger partial charge in [-0.3, -0.25) is 0 Å². The molecule has 0 saturated heterocycles. The second-order valence-electron chi connectivity index (χ2n) is 6.77. The molecule has 0 aromatic heterocycles. The second kappa shape index (κ2) is 8.25. The molecule has 140 valence electrons. The van der Waals surface area contributed by atoms with Crippen LogP contribution in [-0.2, 0) is 9.53 Å². The molecule has 2 amide bonds. The maximum absolute atomic E-state index is 12.9. The first-order valence-corrected chi connectivity index (χ1v) is 9.31. The number of esters is 1. The molecule has 2 aliphatic rings. The molecule has 0 bridgehead atoms. The van der Waals surface area contributed by atoms with Crippen molar-refractivity contribution in [3.63, 3.8) is 0 Å². The van der Waals surface area contributed by atoms with Crippen LogP contribution in [0, 0.1) is 0 Å². The average Bonchev–Trinajstić information content (AvgIpc) is 3.12. The van der Waals surface area contributed by atoms with Crippen LogP contribution in [0.1, 0.15) is 57.6 Å². The lowest BCUT2D eigenvalue weighted by Crippen LogP contribution is -2.45. The Kier molecular flexibility index (Phi) is 5.81. The molecule has 0 radical (unpaired) electrons. The van der Waals surface area contributed by atoms with Crippen molar-refractivity contribution < 1.29 is 19.1 Å². The van der Waals surface area contributed by atoms with Gasteiger partial charge in [0.05, 0.1) is 18.2 Å². The standard InChI is InChI=1S/C20H26N2O4/c1-3-12-25-16-11-7-6-10-15(16)18-17(13(2)21-20(24)22-18)19(23)26-14-8-4-5-9-14/h6-7,10-11,14,18H,3-5,8-9,12H2,1-2H3,(H2,21,22,24)/t18-/m0/s1. The highest BCUT2D eigenvalue weighted by Gasteiger charge is 2.35. The number of para-hydroxylation sites is 1. The largest absolute Gasteiger partial charge is 0.493 e. The summed E-state index contributed by atoms with van der Waals surface area (Å²) < 4.78 is 11.5. The zero-order valence-corrected chi connectivity index (χ0v) is 15.3. The number of amides is 2. The Hall–Kier alpha value is -2.50. The van der Waals surface area contributed by atoms with Crippen LogP contribution in [0.25, 0.3) is 0 Å². The molecule has 0 unspecified atom stereocenters. The first-order chi connectivity index (χ1) is 12.6. The lowest BCUT2D eigenvalue weighted by Gasteiger charge is -2.29. The summed E-state index contributed by atoms with van der Waals surface area (Å²) in [5, 5.41) is 5.53. The van der Waals surface area contributed by atoms with Crippen molar-refractivity contribution in [1.29, 1.82) is 0 Å². The predicted molar refractivity (Wildman–Crippen MR) is 97.7 cm³/mol. The third-order valence-corrected chi connectivity index (χ3v) is 4.76. The summed E-state index contributed by atoms with van der Waals surface area (Å²) in [4.78, 5) is 24.9. The predicted octanol–water partition coefficient (Wildman–Crippen LogP) is 3.59. The van der Waals surface area contributed by atoms with Gasteiger partial charge in [-0.15, -0.1) is 0 Å². The minimum Gasteiger partial charge on any atom is -0.493 e. The highest BCUT2D eigenvalue weighted by molar-refractivity contribution is 5.95. The van der Waals surface area contributed by atoms with E-state index < -0.39 is 6.04 Å². The van der Waals surface area contributed by atoms with Crippen molar-refractivity contribution in [3.8, 4) is 5.75 Å². The Morgan fingerprint density at radius 1 is 1.23 bits per heavy atom. The van der Waals surface area contributed by atoms with E-state index in [4.69, 9.17) is 9.47 Å². The molecule has 1 saturated carbocycles. The third-order valence-electron chi connectivity index (χ3n) is 4.76. The number of allylic oxidation sites excluding steroid dienone is 1. The van der Waals surface area contributed by atoms with Crippen molar-refractivity contribution in [3.05, 3.63) is 41.1 Å². The van der Waals surface area contributed by atoms with E-state index in [0.29, 0.717) is 23.6 Å². The number of ether oxygens (including phenoxy) is 2. The van der Waals surface area contributed by atoms with Gasteiger partial charge in [0, 0.05) is 11.3 Å². The summed E-state index contributed by atoms with van der Waals surface area (Å²) >= 11 is 0. The fourth-order valence-electron chi connectivity index (χ4n) is 3.48. The molecule has 3 rings (SSSR count). The molecule has 1 atom stereocenters. The molecule has 1 aliphatic carbocycles. The van der Waals surface area contributed by atoms with Gasteiger partial charge in [0.15, 0.2) is 0 Å². The molecule has 1 aliphatic heterocycles. The molecular formula is C20H26N2O4. The van der Waals surface area contributed by atoms with Crippen LogP contribution >= 0.6 is 0 Å². The van der Waals surface area contributed by atoms with E-state index in [0.717, 1.165) is 37.7 Å². The van der Waals surface area contributed by atoms with Crippen molar-refractivity contribution in [2.75, 3.05) is 6.61 Å². The second-order valence-corrected chi connectivity index (χ2v) is 6.77. The maximum atomic E-state index is 12.9. The zero-order chi connectivity index (χ0) is 18.5. The highest BCUT2D eigenvalue weighted by atomic mass is 16.5. The van der Waals surface area contributed by atoms with E-state index in [1.54, 1.807) is 6.92 Å². The Labute approximate surface area is 153 Å². The van der Waals surface area contributed by atoms with Crippen molar-refractivity contribution in [2.24, 2.45) is 0 Å². The van der Waals surface area contributed by atoms with Gasteiger partial charge in [-0.1, -0.05) is 25.1 Å². The topological polar surface area (TPSA) is 76.7 Å². The normalized spacial score (nSPS) is 20.5. The van der Waals surface area contributed by atoms with E-state index in [2.05, 4.69) is 10.6 Å².